The van der Waals surface area contributed by atoms with Crippen molar-refractivity contribution in [1.29, 1.82) is 0 Å². The Morgan fingerprint density at radius 2 is 1.72 bits per heavy atom. The SMILES string of the molecule is O=C(CC1CC1)NC1CCC(CCN2CCN(c3ncc(C(F)(F)F)cc3Cl)CC2)CC1. The number of hydrogen-bond acceptors (Lipinski definition) is 4. The molecule has 2 saturated carbocycles. The van der Waals surface area contributed by atoms with Crippen molar-refractivity contribution >= 4 is 23.3 Å². The first kappa shape index (κ1) is 23.6. The standard InChI is InChI=1S/C23H32ClF3N4O/c24-20-14-18(23(25,26)27)15-28-22(20)31-11-9-30(10-12-31)8-7-16-3-5-19(6-4-16)29-21(32)13-17-1-2-17/h14-17,19H,1-13H2,(H,29,32). The van der Waals surface area contributed by atoms with Crippen LogP contribution in [0.5, 0.6) is 0 Å². The zero-order valence-corrected chi connectivity index (χ0v) is 19.1. The predicted molar refractivity (Wildman–Crippen MR) is 119 cm³/mol. The van der Waals surface area contributed by atoms with E-state index in [-0.39, 0.29) is 10.9 Å². The number of alkyl halides is 3. The molecule has 1 saturated heterocycles. The van der Waals surface area contributed by atoms with Crippen LogP contribution in [-0.2, 0) is 11.0 Å². The quantitative estimate of drug-likeness (QED) is 0.622. The number of anilines is 1. The highest BCUT2D eigenvalue weighted by Gasteiger charge is 2.32. The van der Waals surface area contributed by atoms with Gasteiger partial charge in [-0.05, 0) is 69.4 Å². The summed E-state index contributed by atoms with van der Waals surface area (Å²) in [6.45, 7) is 4.15. The molecule has 0 unspecified atom stereocenters. The molecule has 3 aliphatic rings. The van der Waals surface area contributed by atoms with Crippen LogP contribution in [0.1, 0.15) is 56.9 Å². The van der Waals surface area contributed by atoms with Crippen LogP contribution < -0.4 is 10.2 Å². The minimum atomic E-state index is -4.44. The molecule has 2 heterocycles. The molecule has 2 aliphatic carbocycles. The summed E-state index contributed by atoms with van der Waals surface area (Å²) in [5.74, 6) is 2.01. The van der Waals surface area contributed by atoms with E-state index in [4.69, 9.17) is 11.6 Å². The molecule has 0 radical (unpaired) electrons. The van der Waals surface area contributed by atoms with Crippen molar-refractivity contribution in [3.63, 3.8) is 0 Å². The summed E-state index contributed by atoms with van der Waals surface area (Å²) in [6, 6.07) is 1.31. The molecule has 32 heavy (non-hydrogen) atoms. The minimum absolute atomic E-state index is 0.0502. The summed E-state index contributed by atoms with van der Waals surface area (Å²) in [6.07, 6.45) is 5.19. The highest BCUT2D eigenvalue weighted by atomic mass is 35.5. The molecule has 0 aromatic carbocycles. The average Bonchev–Trinajstić information content (AvgIpc) is 3.57. The molecular weight excluding hydrogens is 441 g/mol. The maximum atomic E-state index is 12.8. The lowest BCUT2D eigenvalue weighted by molar-refractivity contribution is -0.137. The molecule has 178 valence electrons. The lowest BCUT2D eigenvalue weighted by atomic mass is 9.84. The summed E-state index contributed by atoms with van der Waals surface area (Å²) >= 11 is 6.09. The van der Waals surface area contributed by atoms with Crippen molar-refractivity contribution in [3.8, 4) is 0 Å². The van der Waals surface area contributed by atoms with Crippen LogP contribution in [-0.4, -0.2) is 54.6 Å². The largest absolute Gasteiger partial charge is 0.417 e. The monoisotopic (exact) mass is 472 g/mol. The first-order valence-electron chi connectivity index (χ1n) is 11.8. The number of carbonyl (C=O) groups excluding carboxylic acids is 1. The van der Waals surface area contributed by atoms with Crippen molar-refractivity contribution in [2.45, 2.75) is 63.6 Å². The normalized spacial score (nSPS) is 25.1. The second-order valence-electron chi connectivity index (χ2n) is 9.58. The number of rotatable bonds is 7. The van der Waals surface area contributed by atoms with Crippen molar-refractivity contribution < 1.29 is 18.0 Å². The fraction of sp³-hybridized carbons (Fsp3) is 0.739. The Bertz CT molecular complexity index is 786. The molecule has 3 fully saturated rings. The van der Waals surface area contributed by atoms with Crippen LogP contribution in [0, 0.1) is 11.8 Å². The van der Waals surface area contributed by atoms with Gasteiger partial charge in [0.1, 0.15) is 5.82 Å². The Hall–Kier alpha value is -1.54. The first-order chi connectivity index (χ1) is 15.3. The van der Waals surface area contributed by atoms with Crippen LogP contribution >= 0.6 is 11.6 Å². The van der Waals surface area contributed by atoms with Gasteiger partial charge in [-0.3, -0.25) is 9.69 Å². The second kappa shape index (κ2) is 10.2. The summed E-state index contributed by atoms with van der Waals surface area (Å²) in [5, 5.41) is 3.27. The van der Waals surface area contributed by atoms with E-state index >= 15 is 0 Å². The Morgan fingerprint density at radius 1 is 1.06 bits per heavy atom. The van der Waals surface area contributed by atoms with Gasteiger partial charge < -0.3 is 10.2 Å². The average molecular weight is 473 g/mol. The zero-order valence-electron chi connectivity index (χ0n) is 18.3. The number of aromatic nitrogens is 1. The maximum absolute atomic E-state index is 12.8. The molecule has 9 heteroatoms. The van der Waals surface area contributed by atoms with Gasteiger partial charge in [-0.1, -0.05) is 11.6 Å². The van der Waals surface area contributed by atoms with E-state index in [1.807, 2.05) is 4.90 Å². The smallest absolute Gasteiger partial charge is 0.353 e. The van der Waals surface area contributed by atoms with Gasteiger partial charge in [0.15, 0.2) is 0 Å². The van der Waals surface area contributed by atoms with Crippen molar-refractivity contribution in [3.05, 3.63) is 22.8 Å². The van der Waals surface area contributed by atoms with Crippen molar-refractivity contribution in [2.24, 2.45) is 11.8 Å². The third-order valence-corrected chi connectivity index (χ3v) is 7.34. The van der Waals surface area contributed by atoms with Crippen LogP contribution in [0.3, 0.4) is 0 Å². The van der Waals surface area contributed by atoms with Crippen LogP contribution in [0.25, 0.3) is 0 Å². The molecular formula is C23H32ClF3N4O. The highest BCUT2D eigenvalue weighted by Crippen LogP contribution is 2.34. The van der Waals surface area contributed by atoms with Gasteiger partial charge in [0, 0.05) is 44.8 Å². The fourth-order valence-electron chi connectivity index (χ4n) is 4.83. The van der Waals surface area contributed by atoms with Crippen molar-refractivity contribution in [2.75, 3.05) is 37.6 Å². The number of carbonyl (C=O) groups is 1. The van der Waals surface area contributed by atoms with Gasteiger partial charge in [0.05, 0.1) is 10.6 Å². The molecule has 1 aliphatic heterocycles. The zero-order chi connectivity index (χ0) is 22.7. The Balaban J connectivity index is 1.15. The van der Waals surface area contributed by atoms with E-state index in [0.29, 0.717) is 43.2 Å². The second-order valence-corrected chi connectivity index (χ2v) is 9.98. The number of nitrogens with one attached hydrogen (secondary N) is 1. The highest BCUT2D eigenvalue weighted by molar-refractivity contribution is 6.33. The summed E-state index contributed by atoms with van der Waals surface area (Å²) < 4.78 is 38.5. The summed E-state index contributed by atoms with van der Waals surface area (Å²) in [7, 11) is 0. The molecule has 1 aromatic heterocycles. The molecule has 4 rings (SSSR count). The molecule has 5 nitrogen and oxygen atoms in total. The first-order valence-corrected chi connectivity index (χ1v) is 12.1. The third kappa shape index (κ3) is 6.50. The number of halogens is 4. The van der Waals surface area contributed by atoms with Crippen LogP contribution in [0.2, 0.25) is 5.02 Å². The van der Waals surface area contributed by atoms with Gasteiger partial charge in [0.25, 0.3) is 0 Å². The number of nitrogens with zero attached hydrogens (tertiary/aromatic N) is 3. The van der Waals surface area contributed by atoms with Crippen LogP contribution in [0.4, 0.5) is 19.0 Å². The lowest BCUT2D eigenvalue weighted by Crippen LogP contribution is -2.47. The van der Waals surface area contributed by atoms with Crippen LogP contribution in [0.15, 0.2) is 12.3 Å². The van der Waals surface area contributed by atoms with Gasteiger partial charge in [-0.25, -0.2) is 4.98 Å². The van der Waals surface area contributed by atoms with Crippen molar-refractivity contribution in [1.82, 2.24) is 15.2 Å². The molecule has 0 bridgehead atoms. The van der Waals surface area contributed by atoms with E-state index in [0.717, 1.165) is 51.2 Å². The van der Waals surface area contributed by atoms with E-state index in [9.17, 15) is 18.0 Å². The van der Waals surface area contributed by atoms with Gasteiger partial charge in [-0.15, -0.1) is 0 Å². The maximum Gasteiger partial charge on any atom is 0.417 e. The summed E-state index contributed by atoms with van der Waals surface area (Å²) in [5.41, 5.74) is -0.818. The number of amides is 1. The van der Waals surface area contributed by atoms with Gasteiger partial charge in [0.2, 0.25) is 5.91 Å². The van der Waals surface area contributed by atoms with E-state index in [1.54, 1.807) is 0 Å². The number of hydrogen-bond donors (Lipinski definition) is 1. The Labute approximate surface area is 192 Å². The van der Waals surface area contributed by atoms with E-state index in [2.05, 4.69) is 15.2 Å². The molecule has 1 aromatic rings. The summed E-state index contributed by atoms with van der Waals surface area (Å²) in [4.78, 5) is 20.4. The molecule has 0 spiro atoms. The number of pyridine rings is 1. The predicted octanol–water partition coefficient (Wildman–Crippen LogP) is 4.74. The Kier molecular flexibility index (Phi) is 7.50. The van der Waals surface area contributed by atoms with E-state index < -0.39 is 11.7 Å². The molecule has 1 N–H and O–H groups in total. The topological polar surface area (TPSA) is 48.5 Å². The lowest BCUT2D eigenvalue weighted by Gasteiger charge is -2.37. The Morgan fingerprint density at radius 3 is 2.31 bits per heavy atom. The number of piperazine rings is 1. The third-order valence-electron chi connectivity index (χ3n) is 7.06. The molecule has 0 atom stereocenters. The van der Waals surface area contributed by atoms with Gasteiger partial charge >= 0.3 is 6.18 Å². The minimum Gasteiger partial charge on any atom is -0.353 e. The van der Waals surface area contributed by atoms with Gasteiger partial charge in [-0.2, -0.15) is 13.2 Å². The van der Waals surface area contributed by atoms with E-state index in [1.165, 1.54) is 25.7 Å². The molecule has 1 amide bonds. The fourth-order valence-corrected chi connectivity index (χ4v) is 5.12.